The molecule has 0 radical (unpaired) electrons. The molecule has 0 fully saturated rings. The van der Waals surface area contributed by atoms with Gasteiger partial charge in [0.15, 0.2) is 0 Å². The molecule has 0 aliphatic heterocycles. The summed E-state index contributed by atoms with van der Waals surface area (Å²) in [7, 11) is 3.20. The Morgan fingerprint density at radius 3 is 2.84 bits per heavy atom. The van der Waals surface area contributed by atoms with E-state index in [4.69, 9.17) is 4.74 Å². The van der Waals surface area contributed by atoms with E-state index in [0.29, 0.717) is 12.2 Å². The van der Waals surface area contributed by atoms with Crippen LogP contribution in [-0.2, 0) is 6.42 Å². The Labute approximate surface area is 111 Å². The molecular formula is C14H19F2NO2. The maximum absolute atomic E-state index is 12.4. The number of aliphatic hydroxyl groups excluding tert-OH is 1. The standard InChI is InChI=1S/C14H19F2NO2/c1-17(8-13(15)16)12-6-4-9-3-5-10(19-2)7-11(9)14(12)18/h3,5,7,12-14,18H,4,6,8H2,1-2H3. The summed E-state index contributed by atoms with van der Waals surface area (Å²) < 4.78 is 30.0. The third-order valence-corrected chi connectivity index (χ3v) is 3.74. The molecule has 5 heteroatoms. The van der Waals surface area contributed by atoms with E-state index in [1.807, 2.05) is 12.1 Å². The summed E-state index contributed by atoms with van der Waals surface area (Å²) in [6, 6.07) is 5.31. The Balaban J connectivity index is 2.20. The number of methoxy groups -OCH3 is 1. The second kappa shape index (κ2) is 5.84. The highest BCUT2D eigenvalue weighted by molar-refractivity contribution is 5.39. The van der Waals surface area contributed by atoms with Crippen LogP contribution in [0.4, 0.5) is 8.78 Å². The van der Waals surface area contributed by atoms with Gasteiger partial charge in [-0.05, 0) is 43.1 Å². The average molecular weight is 271 g/mol. The lowest BCUT2D eigenvalue weighted by Crippen LogP contribution is -2.42. The summed E-state index contributed by atoms with van der Waals surface area (Å²) in [4.78, 5) is 1.54. The van der Waals surface area contributed by atoms with Crippen molar-refractivity contribution in [3.63, 3.8) is 0 Å². The van der Waals surface area contributed by atoms with E-state index >= 15 is 0 Å². The molecule has 3 nitrogen and oxygen atoms in total. The van der Waals surface area contributed by atoms with E-state index in [1.54, 1.807) is 20.2 Å². The van der Waals surface area contributed by atoms with Gasteiger partial charge in [-0.25, -0.2) is 8.78 Å². The smallest absolute Gasteiger partial charge is 0.251 e. The van der Waals surface area contributed by atoms with Crippen molar-refractivity contribution in [1.29, 1.82) is 0 Å². The summed E-state index contributed by atoms with van der Waals surface area (Å²) >= 11 is 0. The Kier molecular flexibility index (Phi) is 4.37. The van der Waals surface area contributed by atoms with Crippen molar-refractivity contribution in [2.24, 2.45) is 0 Å². The fourth-order valence-electron chi connectivity index (χ4n) is 2.69. The first-order valence-electron chi connectivity index (χ1n) is 6.36. The van der Waals surface area contributed by atoms with Crippen molar-refractivity contribution in [2.75, 3.05) is 20.7 Å². The number of halogens is 2. The number of aryl methyl sites for hydroxylation is 1. The van der Waals surface area contributed by atoms with Crippen molar-refractivity contribution >= 4 is 0 Å². The van der Waals surface area contributed by atoms with Gasteiger partial charge >= 0.3 is 0 Å². The molecule has 2 unspecified atom stereocenters. The van der Waals surface area contributed by atoms with Gasteiger partial charge in [-0.2, -0.15) is 0 Å². The SMILES string of the molecule is COc1ccc2c(c1)C(O)C(N(C)CC(F)F)CC2. The van der Waals surface area contributed by atoms with Crippen LogP contribution < -0.4 is 4.74 Å². The van der Waals surface area contributed by atoms with Crippen molar-refractivity contribution < 1.29 is 18.6 Å². The van der Waals surface area contributed by atoms with Gasteiger partial charge in [-0.1, -0.05) is 6.07 Å². The Morgan fingerprint density at radius 1 is 1.47 bits per heavy atom. The predicted molar refractivity (Wildman–Crippen MR) is 68.7 cm³/mol. The zero-order chi connectivity index (χ0) is 14.0. The Bertz CT molecular complexity index is 439. The van der Waals surface area contributed by atoms with E-state index in [2.05, 4.69) is 0 Å². The van der Waals surface area contributed by atoms with Gasteiger partial charge < -0.3 is 9.84 Å². The zero-order valence-corrected chi connectivity index (χ0v) is 11.1. The molecule has 0 saturated heterocycles. The van der Waals surface area contributed by atoms with Gasteiger partial charge in [0.2, 0.25) is 0 Å². The Hall–Kier alpha value is -1.20. The van der Waals surface area contributed by atoms with Gasteiger partial charge in [0.1, 0.15) is 5.75 Å². The lowest BCUT2D eigenvalue weighted by Gasteiger charge is -2.36. The molecule has 0 aromatic heterocycles. The summed E-state index contributed by atoms with van der Waals surface area (Å²) in [6.07, 6.45) is -1.66. The molecule has 2 rings (SSSR count). The van der Waals surface area contributed by atoms with Gasteiger partial charge in [0.25, 0.3) is 6.43 Å². The number of hydrogen-bond donors (Lipinski definition) is 1. The highest BCUT2D eigenvalue weighted by Gasteiger charge is 2.31. The minimum absolute atomic E-state index is 0.270. The lowest BCUT2D eigenvalue weighted by atomic mass is 9.85. The minimum Gasteiger partial charge on any atom is -0.497 e. The quantitative estimate of drug-likeness (QED) is 0.911. The molecular weight excluding hydrogens is 252 g/mol. The normalized spacial score (nSPS) is 22.7. The van der Waals surface area contributed by atoms with E-state index in [1.165, 1.54) is 4.90 Å². The second-order valence-electron chi connectivity index (χ2n) is 4.95. The van der Waals surface area contributed by atoms with Crippen LogP contribution in [0, 0.1) is 0 Å². The van der Waals surface area contributed by atoms with Crippen LogP contribution >= 0.6 is 0 Å². The second-order valence-corrected chi connectivity index (χ2v) is 4.95. The molecule has 1 aliphatic rings. The number of nitrogens with zero attached hydrogens (tertiary/aromatic N) is 1. The van der Waals surface area contributed by atoms with Gasteiger partial charge in [-0.3, -0.25) is 4.90 Å². The van der Waals surface area contributed by atoms with E-state index in [0.717, 1.165) is 17.5 Å². The molecule has 0 bridgehead atoms. The van der Waals surface area contributed by atoms with Crippen LogP contribution in [0.1, 0.15) is 23.7 Å². The topological polar surface area (TPSA) is 32.7 Å². The maximum Gasteiger partial charge on any atom is 0.251 e. The van der Waals surface area contributed by atoms with Crippen LogP contribution in [0.15, 0.2) is 18.2 Å². The van der Waals surface area contributed by atoms with Gasteiger partial charge in [-0.15, -0.1) is 0 Å². The van der Waals surface area contributed by atoms with E-state index in [-0.39, 0.29) is 12.6 Å². The molecule has 0 spiro atoms. The number of fused-ring (bicyclic) bond motifs is 1. The number of aliphatic hydroxyl groups is 1. The number of ether oxygens (including phenoxy) is 1. The molecule has 1 aliphatic carbocycles. The molecule has 1 aromatic rings. The van der Waals surface area contributed by atoms with Crippen LogP contribution in [0.2, 0.25) is 0 Å². The van der Waals surface area contributed by atoms with Crippen molar-refractivity contribution in [2.45, 2.75) is 31.4 Å². The van der Waals surface area contributed by atoms with Crippen molar-refractivity contribution in [3.05, 3.63) is 29.3 Å². The molecule has 1 aromatic carbocycles. The summed E-state index contributed by atoms with van der Waals surface area (Å²) in [5.41, 5.74) is 1.85. The fourth-order valence-corrected chi connectivity index (χ4v) is 2.69. The lowest BCUT2D eigenvalue weighted by molar-refractivity contribution is 0.0152. The van der Waals surface area contributed by atoms with Crippen molar-refractivity contribution in [1.82, 2.24) is 4.90 Å². The number of benzene rings is 1. The fraction of sp³-hybridized carbons (Fsp3) is 0.571. The predicted octanol–water partition coefficient (Wildman–Crippen LogP) is 2.24. The van der Waals surface area contributed by atoms with Crippen molar-refractivity contribution in [3.8, 4) is 5.75 Å². The van der Waals surface area contributed by atoms with Crippen LogP contribution in [0.25, 0.3) is 0 Å². The molecule has 2 atom stereocenters. The zero-order valence-electron chi connectivity index (χ0n) is 11.1. The summed E-state index contributed by atoms with van der Waals surface area (Å²) in [5, 5.41) is 10.4. The largest absolute Gasteiger partial charge is 0.497 e. The number of hydrogen-bond acceptors (Lipinski definition) is 3. The van der Waals surface area contributed by atoms with Gasteiger partial charge in [0, 0.05) is 6.04 Å². The van der Waals surface area contributed by atoms with E-state index < -0.39 is 12.5 Å². The molecule has 1 N–H and O–H groups in total. The molecule has 19 heavy (non-hydrogen) atoms. The Morgan fingerprint density at radius 2 is 2.21 bits per heavy atom. The third-order valence-electron chi connectivity index (χ3n) is 3.74. The first kappa shape index (κ1) is 14.2. The van der Waals surface area contributed by atoms with Crippen LogP contribution in [-0.4, -0.2) is 43.2 Å². The number of alkyl halides is 2. The molecule has 0 saturated carbocycles. The van der Waals surface area contributed by atoms with Crippen LogP contribution in [0.5, 0.6) is 5.75 Å². The molecule has 0 amide bonds. The minimum atomic E-state index is -2.39. The number of likely N-dealkylation sites (N-methyl/N-ethyl adjacent to an activating group) is 1. The van der Waals surface area contributed by atoms with E-state index in [9.17, 15) is 13.9 Å². The monoisotopic (exact) mass is 271 g/mol. The summed E-state index contributed by atoms with van der Waals surface area (Å²) in [5.74, 6) is 0.676. The third kappa shape index (κ3) is 3.04. The van der Waals surface area contributed by atoms with Crippen LogP contribution in [0.3, 0.4) is 0 Å². The number of rotatable bonds is 4. The molecule has 0 heterocycles. The first-order chi connectivity index (χ1) is 9.02. The highest BCUT2D eigenvalue weighted by Crippen LogP contribution is 2.34. The van der Waals surface area contributed by atoms with Gasteiger partial charge in [0.05, 0.1) is 19.8 Å². The average Bonchev–Trinajstić information content (AvgIpc) is 2.38. The molecule has 106 valence electrons. The maximum atomic E-state index is 12.4. The highest BCUT2D eigenvalue weighted by atomic mass is 19.3. The first-order valence-corrected chi connectivity index (χ1v) is 6.36. The summed E-state index contributed by atoms with van der Waals surface area (Å²) in [6.45, 7) is -0.318.